The Morgan fingerprint density at radius 3 is 2.67 bits per heavy atom. The number of hydrogen-bond donors (Lipinski definition) is 1. The van der Waals surface area contributed by atoms with E-state index in [0.717, 1.165) is 38.4 Å². The molecule has 1 amide bonds. The first-order chi connectivity index (χ1) is 11.6. The van der Waals surface area contributed by atoms with Gasteiger partial charge in [-0.05, 0) is 25.3 Å². The highest BCUT2D eigenvalue weighted by molar-refractivity contribution is 7.14. The van der Waals surface area contributed by atoms with Gasteiger partial charge in [-0.3, -0.25) is 14.6 Å². The number of carbonyl (C=O) groups excluding carboxylic acids is 1. The Hall–Kier alpha value is -1.28. The Morgan fingerprint density at radius 2 is 2.00 bits per heavy atom. The zero-order chi connectivity index (χ0) is 16.9. The van der Waals surface area contributed by atoms with Crippen LogP contribution in [-0.4, -0.2) is 59.5 Å². The van der Waals surface area contributed by atoms with Crippen molar-refractivity contribution in [1.29, 1.82) is 0 Å². The summed E-state index contributed by atoms with van der Waals surface area (Å²) in [4.78, 5) is 22.5. The molecule has 2 aromatic rings. The molecule has 0 aliphatic carbocycles. The molecule has 0 radical (unpaired) electrons. The summed E-state index contributed by atoms with van der Waals surface area (Å²) >= 11 is 3.47. The van der Waals surface area contributed by atoms with Crippen molar-refractivity contribution in [2.45, 2.75) is 26.4 Å². The number of nitrogens with zero attached hydrogens (tertiary/aromatic N) is 3. The quantitative estimate of drug-likeness (QED) is 0.856. The first-order valence-electron chi connectivity index (χ1n) is 8.32. The minimum absolute atomic E-state index is 0.124. The van der Waals surface area contributed by atoms with Crippen molar-refractivity contribution in [3.8, 4) is 10.6 Å². The molecule has 24 heavy (non-hydrogen) atoms. The maximum absolute atomic E-state index is 11.8. The van der Waals surface area contributed by atoms with Crippen molar-refractivity contribution in [2.75, 3.05) is 32.7 Å². The minimum Gasteiger partial charge on any atom is -0.353 e. The summed E-state index contributed by atoms with van der Waals surface area (Å²) in [5, 5.41) is 8.36. The molecule has 1 saturated heterocycles. The second-order valence-corrected chi connectivity index (χ2v) is 8.27. The average Bonchev–Trinajstić information content (AvgIpc) is 3.19. The molecule has 3 rings (SSSR count). The molecule has 0 spiro atoms. The van der Waals surface area contributed by atoms with Crippen LogP contribution in [0.5, 0.6) is 0 Å². The molecule has 2 aromatic heterocycles. The van der Waals surface area contributed by atoms with Crippen LogP contribution in [0.3, 0.4) is 0 Å². The number of thiophene rings is 1. The molecule has 1 fully saturated rings. The third-order valence-corrected chi connectivity index (χ3v) is 5.69. The van der Waals surface area contributed by atoms with E-state index in [2.05, 4.69) is 38.0 Å². The lowest BCUT2D eigenvalue weighted by molar-refractivity contribution is -0.123. The Morgan fingerprint density at radius 1 is 1.25 bits per heavy atom. The maximum atomic E-state index is 11.8. The van der Waals surface area contributed by atoms with Gasteiger partial charge in [-0.1, -0.05) is 6.07 Å². The fourth-order valence-corrected chi connectivity index (χ4v) is 4.38. The summed E-state index contributed by atoms with van der Waals surface area (Å²) < 4.78 is 0. The average molecular weight is 365 g/mol. The summed E-state index contributed by atoms with van der Waals surface area (Å²) in [6.07, 6.45) is 0. The van der Waals surface area contributed by atoms with E-state index < -0.39 is 0 Å². The van der Waals surface area contributed by atoms with Gasteiger partial charge < -0.3 is 5.32 Å². The van der Waals surface area contributed by atoms with Crippen LogP contribution < -0.4 is 5.32 Å². The van der Waals surface area contributed by atoms with E-state index in [9.17, 15) is 4.79 Å². The Balaban J connectivity index is 1.45. The maximum Gasteiger partial charge on any atom is 0.234 e. The predicted molar refractivity (Wildman–Crippen MR) is 100 cm³/mol. The first kappa shape index (κ1) is 17.5. The molecular formula is C17H24N4OS2. The topological polar surface area (TPSA) is 48.5 Å². The number of carbonyl (C=O) groups is 1. The molecule has 1 aliphatic rings. The van der Waals surface area contributed by atoms with Gasteiger partial charge in [-0.25, -0.2) is 4.98 Å². The number of hydrogen-bond acceptors (Lipinski definition) is 6. The van der Waals surface area contributed by atoms with Gasteiger partial charge in [0.1, 0.15) is 5.01 Å². The summed E-state index contributed by atoms with van der Waals surface area (Å²) in [6.45, 7) is 9.26. The van der Waals surface area contributed by atoms with E-state index in [1.165, 1.54) is 9.88 Å². The number of thiazole rings is 1. The van der Waals surface area contributed by atoms with Crippen molar-refractivity contribution in [3.63, 3.8) is 0 Å². The summed E-state index contributed by atoms with van der Waals surface area (Å²) in [6, 6.07) is 4.39. The van der Waals surface area contributed by atoms with Crippen LogP contribution in [0.1, 0.15) is 18.9 Å². The Bertz CT molecular complexity index is 645. The smallest absolute Gasteiger partial charge is 0.234 e. The number of aromatic nitrogens is 1. The molecule has 3 heterocycles. The van der Waals surface area contributed by atoms with Crippen LogP contribution in [0, 0.1) is 0 Å². The highest BCUT2D eigenvalue weighted by Gasteiger charge is 2.20. The predicted octanol–water partition coefficient (Wildman–Crippen LogP) is 2.51. The van der Waals surface area contributed by atoms with Gasteiger partial charge in [0.05, 0.1) is 23.7 Å². The van der Waals surface area contributed by atoms with Crippen LogP contribution >= 0.6 is 22.7 Å². The van der Waals surface area contributed by atoms with E-state index in [0.29, 0.717) is 6.54 Å². The molecule has 0 aromatic carbocycles. The monoisotopic (exact) mass is 364 g/mol. The van der Waals surface area contributed by atoms with Crippen molar-refractivity contribution >= 4 is 28.6 Å². The van der Waals surface area contributed by atoms with Crippen LogP contribution in [0.25, 0.3) is 10.6 Å². The van der Waals surface area contributed by atoms with Crippen LogP contribution in [0.15, 0.2) is 22.9 Å². The van der Waals surface area contributed by atoms with Gasteiger partial charge >= 0.3 is 0 Å². The van der Waals surface area contributed by atoms with Gasteiger partial charge in [0.2, 0.25) is 5.91 Å². The molecular weight excluding hydrogens is 340 g/mol. The van der Waals surface area contributed by atoms with E-state index in [1.54, 1.807) is 22.7 Å². The second kappa shape index (κ2) is 8.20. The highest BCUT2D eigenvalue weighted by atomic mass is 32.1. The van der Waals surface area contributed by atoms with E-state index in [1.807, 2.05) is 13.8 Å². The van der Waals surface area contributed by atoms with E-state index >= 15 is 0 Å². The normalized spacial score (nSPS) is 16.6. The molecule has 7 heteroatoms. The fourth-order valence-electron chi connectivity index (χ4n) is 2.79. The molecule has 130 valence electrons. The van der Waals surface area contributed by atoms with Gasteiger partial charge in [0.25, 0.3) is 0 Å². The lowest BCUT2D eigenvalue weighted by Crippen LogP contribution is -2.49. The van der Waals surface area contributed by atoms with Gasteiger partial charge in [-0.15, -0.1) is 22.7 Å². The minimum atomic E-state index is 0.124. The third-order valence-electron chi connectivity index (χ3n) is 3.97. The fraction of sp³-hybridized carbons (Fsp3) is 0.529. The first-order valence-corrected chi connectivity index (χ1v) is 10.1. The lowest BCUT2D eigenvalue weighted by Gasteiger charge is -2.33. The molecule has 1 aliphatic heterocycles. The number of amides is 1. The van der Waals surface area contributed by atoms with Gasteiger partial charge in [0.15, 0.2) is 0 Å². The van der Waals surface area contributed by atoms with Crippen molar-refractivity contribution in [2.24, 2.45) is 0 Å². The third kappa shape index (κ3) is 4.86. The zero-order valence-electron chi connectivity index (χ0n) is 14.2. The van der Waals surface area contributed by atoms with Crippen LogP contribution in [0.4, 0.5) is 0 Å². The van der Waals surface area contributed by atoms with E-state index in [-0.39, 0.29) is 11.9 Å². The molecule has 1 N–H and O–H groups in total. The Labute approximate surface area is 151 Å². The van der Waals surface area contributed by atoms with Crippen LogP contribution in [0.2, 0.25) is 0 Å². The standard InChI is InChI=1S/C17H24N4OS2/c1-13(2)18-16(22)10-20-5-7-21(8-6-20)11-17-19-14(12-24-17)15-4-3-9-23-15/h3-4,9,12-13H,5-8,10-11H2,1-2H3,(H,18,22). The van der Waals surface area contributed by atoms with Gasteiger partial charge in [-0.2, -0.15) is 0 Å². The number of piperazine rings is 1. The summed E-state index contributed by atoms with van der Waals surface area (Å²) in [5.41, 5.74) is 1.09. The molecule has 0 atom stereocenters. The Kier molecular flexibility index (Phi) is 5.99. The lowest BCUT2D eigenvalue weighted by atomic mass is 10.3. The second-order valence-electron chi connectivity index (χ2n) is 6.38. The molecule has 0 unspecified atom stereocenters. The van der Waals surface area contributed by atoms with Gasteiger partial charge in [0, 0.05) is 37.6 Å². The summed E-state index contributed by atoms with van der Waals surface area (Å²) in [7, 11) is 0. The molecule has 0 saturated carbocycles. The summed E-state index contributed by atoms with van der Waals surface area (Å²) in [5.74, 6) is 0.124. The molecule has 5 nitrogen and oxygen atoms in total. The van der Waals surface area contributed by atoms with Crippen molar-refractivity contribution in [1.82, 2.24) is 20.1 Å². The van der Waals surface area contributed by atoms with Crippen molar-refractivity contribution in [3.05, 3.63) is 27.9 Å². The van der Waals surface area contributed by atoms with Crippen molar-refractivity contribution < 1.29 is 4.79 Å². The van der Waals surface area contributed by atoms with E-state index in [4.69, 9.17) is 4.98 Å². The van der Waals surface area contributed by atoms with Crippen LogP contribution in [-0.2, 0) is 11.3 Å². The number of nitrogens with one attached hydrogen (secondary N) is 1. The number of rotatable bonds is 6. The highest BCUT2D eigenvalue weighted by Crippen LogP contribution is 2.26. The largest absolute Gasteiger partial charge is 0.353 e. The zero-order valence-corrected chi connectivity index (χ0v) is 15.8. The SMILES string of the molecule is CC(C)NC(=O)CN1CCN(Cc2nc(-c3cccs3)cs2)CC1. The molecule has 0 bridgehead atoms.